The molecular formula is C16H11BrClN3O4S. The van der Waals surface area contributed by atoms with Crippen molar-refractivity contribution in [3.05, 3.63) is 74.1 Å². The number of benzene rings is 2. The van der Waals surface area contributed by atoms with Crippen molar-refractivity contribution in [1.82, 2.24) is 8.96 Å². The third kappa shape index (κ3) is 3.64. The molecule has 0 aliphatic rings. The third-order valence-corrected chi connectivity index (χ3v) is 5.50. The average molecular weight is 457 g/mol. The summed E-state index contributed by atoms with van der Waals surface area (Å²) in [7, 11) is 0. The lowest BCUT2D eigenvalue weighted by Crippen LogP contribution is -2.13. The number of aryl methyl sites for hydroxylation is 1. The van der Waals surface area contributed by atoms with Gasteiger partial charge in [-0.3, -0.25) is 10.1 Å². The Morgan fingerprint density at radius 1 is 1.27 bits per heavy atom. The number of aromatic nitrogens is 2. The lowest BCUT2D eigenvalue weighted by Gasteiger charge is -2.11. The van der Waals surface area contributed by atoms with Crippen LogP contribution in [0.5, 0.6) is 5.75 Å². The number of rotatable bonds is 5. The van der Waals surface area contributed by atoms with E-state index < -0.39 is 16.2 Å². The Bertz CT molecular complexity index is 1010. The molecule has 1 atom stereocenters. The molecule has 0 saturated heterocycles. The molecule has 0 fully saturated rings. The normalized spacial score (nSPS) is 12.0. The standard InChI is InChI=1S/C16H11BrClN3O4S/c1-10-7-8-12(21(22)23)9-13(10)25-26(24)20-14(15(18)19-16(20)17)11-5-3-2-4-6-11/h2-9H,1H3. The summed E-state index contributed by atoms with van der Waals surface area (Å²) < 4.78 is 19.8. The second kappa shape index (κ2) is 7.56. The molecule has 0 N–H and O–H groups in total. The van der Waals surface area contributed by atoms with Crippen LogP contribution >= 0.6 is 27.5 Å². The summed E-state index contributed by atoms with van der Waals surface area (Å²) in [5.74, 6) is 0.133. The maximum atomic E-state index is 12.8. The van der Waals surface area contributed by atoms with Gasteiger partial charge < -0.3 is 4.18 Å². The fourth-order valence-electron chi connectivity index (χ4n) is 2.23. The van der Waals surface area contributed by atoms with Crippen LogP contribution in [-0.2, 0) is 11.3 Å². The summed E-state index contributed by atoms with van der Waals surface area (Å²) in [4.78, 5) is 14.5. The fraction of sp³-hybridized carbons (Fsp3) is 0.0625. The second-order valence-electron chi connectivity index (χ2n) is 5.19. The van der Waals surface area contributed by atoms with Crippen LogP contribution in [0.3, 0.4) is 0 Å². The van der Waals surface area contributed by atoms with E-state index in [1.807, 2.05) is 18.2 Å². The predicted octanol–water partition coefficient (Wildman–Crippen LogP) is 4.69. The molecule has 1 unspecified atom stereocenters. The summed E-state index contributed by atoms with van der Waals surface area (Å²) in [6, 6.07) is 13.2. The average Bonchev–Trinajstić information content (AvgIpc) is 2.91. The number of non-ortho nitro benzene ring substituents is 1. The minimum Gasteiger partial charge on any atom is -0.384 e. The van der Waals surface area contributed by atoms with E-state index in [2.05, 4.69) is 20.9 Å². The number of nitrogens with zero attached hydrogens (tertiary/aromatic N) is 3. The quantitative estimate of drug-likeness (QED) is 0.410. The SMILES string of the molecule is Cc1ccc([N+](=O)[O-])cc1OS(=O)n1c(Br)nc(Cl)c1-c1ccccc1. The molecule has 26 heavy (non-hydrogen) atoms. The van der Waals surface area contributed by atoms with Gasteiger partial charge in [-0.05, 0) is 34.5 Å². The van der Waals surface area contributed by atoms with Gasteiger partial charge in [0.2, 0.25) is 0 Å². The molecule has 134 valence electrons. The number of hydrogen-bond acceptors (Lipinski definition) is 5. The first-order chi connectivity index (χ1) is 12.4. The van der Waals surface area contributed by atoms with E-state index >= 15 is 0 Å². The highest BCUT2D eigenvalue weighted by molar-refractivity contribution is 9.10. The summed E-state index contributed by atoms with van der Waals surface area (Å²) >= 11 is 7.34. The van der Waals surface area contributed by atoms with Crippen molar-refractivity contribution in [2.45, 2.75) is 6.92 Å². The van der Waals surface area contributed by atoms with E-state index in [9.17, 15) is 14.3 Å². The van der Waals surface area contributed by atoms with Gasteiger partial charge in [0.05, 0.1) is 11.0 Å². The zero-order valence-corrected chi connectivity index (χ0v) is 16.4. The van der Waals surface area contributed by atoms with Crippen molar-refractivity contribution in [3.63, 3.8) is 0 Å². The molecule has 0 bridgehead atoms. The Morgan fingerprint density at radius 3 is 2.62 bits per heavy atom. The van der Waals surface area contributed by atoms with Crippen LogP contribution < -0.4 is 4.18 Å². The Kier molecular flexibility index (Phi) is 5.40. The maximum Gasteiger partial charge on any atom is 0.325 e. The third-order valence-electron chi connectivity index (χ3n) is 3.50. The molecule has 0 radical (unpaired) electrons. The molecule has 3 rings (SSSR count). The number of nitro benzene ring substituents is 1. The summed E-state index contributed by atoms with van der Waals surface area (Å²) in [6.07, 6.45) is 0. The zero-order chi connectivity index (χ0) is 18.8. The fourth-order valence-corrected chi connectivity index (χ4v) is 4.28. The Balaban J connectivity index is 2.02. The lowest BCUT2D eigenvalue weighted by atomic mass is 10.2. The molecule has 7 nitrogen and oxygen atoms in total. The molecule has 1 heterocycles. The molecule has 1 aromatic heterocycles. The predicted molar refractivity (Wildman–Crippen MR) is 102 cm³/mol. The van der Waals surface area contributed by atoms with E-state index in [-0.39, 0.29) is 21.3 Å². The number of hydrogen-bond donors (Lipinski definition) is 0. The van der Waals surface area contributed by atoms with Gasteiger partial charge in [-0.25, -0.2) is 4.98 Å². The molecule has 0 saturated carbocycles. The van der Waals surface area contributed by atoms with Crippen LogP contribution in [0.1, 0.15) is 5.56 Å². The molecule has 0 aliphatic heterocycles. The smallest absolute Gasteiger partial charge is 0.325 e. The van der Waals surface area contributed by atoms with Crippen LogP contribution in [0.4, 0.5) is 5.69 Å². The van der Waals surface area contributed by atoms with Gasteiger partial charge >= 0.3 is 11.3 Å². The van der Waals surface area contributed by atoms with Crippen molar-refractivity contribution in [2.75, 3.05) is 0 Å². The highest BCUT2D eigenvalue weighted by Gasteiger charge is 2.23. The van der Waals surface area contributed by atoms with Crippen LogP contribution in [-0.4, -0.2) is 18.1 Å². The molecule has 0 spiro atoms. The molecule has 2 aromatic carbocycles. The van der Waals surface area contributed by atoms with Crippen molar-refractivity contribution < 1.29 is 13.3 Å². The van der Waals surface area contributed by atoms with Gasteiger partial charge in [-0.15, -0.1) is 0 Å². The van der Waals surface area contributed by atoms with Crippen LogP contribution in [0.15, 0.2) is 53.3 Å². The minimum absolute atomic E-state index is 0.133. The second-order valence-corrected chi connectivity index (χ2v) is 7.22. The summed E-state index contributed by atoms with van der Waals surface area (Å²) in [5.41, 5.74) is 1.55. The van der Waals surface area contributed by atoms with Gasteiger partial charge in [-0.2, -0.15) is 8.18 Å². The highest BCUT2D eigenvalue weighted by Crippen LogP contribution is 2.33. The van der Waals surface area contributed by atoms with Crippen LogP contribution in [0, 0.1) is 17.0 Å². The van der Waals surface area contributed by atoms with E-state index in [0.29, 0.717) is 16.8 Å². The van der Waals surface area contributed by atoms with Gasteiger partial charge in [0.15, 0.2) is 15.6 Å². The molecule has 0 amide bonds. The van der Waals surface area contributed by atoms with Crippen molar-refractivity contribution in [3.8, 4) is 17.0 Å². The number of imidazole rings is 1. The topological polar surface area (TPSA) is 87.3 Å². The van der Waals surface area contributed by atoms with Gasteiger partial charge in [-0.1, -0.05) is 41.9 Å². The van der Waals surface area contributed by atoms with Crippen molar-refractivity contribution in [1.29, 1.82) is 0 Å². The molecule has 0 aliphatic carbocycles. The zero-order valence-electron chi connectivity index (χ0n) is 13.3. The van der Waals surface area contributed by atoms with E-state index in [1.54, 1.807) is 19.1 Å². The van der Waals surface area contributed by atoms with E-state index in [1.165, 1.54) is 22.2 Å². The first-order valence-corrected chi connectivity index (χ1v) is 9.43. The van der Waals surface area contributed by atoms with Crippen molar-refractivity contribution >= 4 is 44.5 Å². The van der Waals surface area contributed by atoms with Crippen LogP contribution in [0.2, 0.25) is 5.15 Å². The maximum absolute atomic E-state index is 12.8. The first-order valence-electron chi connectivity index (χ1n) is 7.23. The molecule has 3 aromatic rings. The lowest BCUT2D eigenvalue weighted by molar-refractivity contribution is -0.384. The van der Waals surface area contributed by atoms with Gasteiger partial charge in [0, 0.05) is 11.6 Å². The summed E-state index contributed by atoms with van der Waals surface area (Å²) in [6.45, 7) is 1.70. The number of nitro groups is 1. The molecule has 10 heteroatoms. The highest BCUT2D eigenvalue weighted by atomic mass is 79.9. The summed E-state index contributed by atoms with van der Waals surface area (Å²) in [5, 5.41) is 11.1. The van der Waals surface area contributed by atoms with E-state index in [4.69, 9.17) is 15.8 Å². The van der Waals surface area contributed by atoms with Gasteiger partial charge in [0.25, 0.3) is 5.69 Å². The largest absolute Gasteiger partial charge is 0.384 e. The first kappa shape index (κ1) is 18.6. The molecular weight excluding hydrogens is 446 g/mol. The van der Waals surface area contributed by atoms with Crippen LogP contribution in [0.25, 0.3) is 11.3 Å². The van der Waals surface area contributed by atoms with Crippen molar-refractivity contribution in [2.24, 2.45) is 0 Å². The Morgan fingerprint density at radius 2 is 1.96 bits per heavy atom. The minimum atomic E-state index is -2.07. The number of halogens is 2. The monoisotopic (exact) mass is 455 g/mol. The van der Waals surface area contributed by atoms with E-state index in [0.717, 1.165) is 0 Å². The Labute approximate surface area is 164 Å². The Hall–Kier alpha value is -2.23. The van der Waals surface area contributed by atoms with Gasteiger partial charge in [0.1, 0.15) is 5.69 Å².